The Morgan fingerprint density at radius 2 is 1.86 bits per heavy atom. The number of rotatable bonds is 6. The van der Waals surface area contributed by atoms with Gasteiger partial charge in [0, 0.05) is 12.6 Å². The molecule has 0 N–H and O–H groups in total. The van der Waals surface area contributed by atoms with Crippen molar-refractivity contribution in [3.63, 3.8) is 0 Å². The summed E-state index contributed by atoms with van der Waals surface area (Å²) >= 11 is 0. The van der Waals surface area contributed by atoms with E-state index in [0.29, 0.717) is 6.54 Å². The zero-order valence-electron chi connectivity index (χ0n) is 12.6. The van der Waals surface area contributed by atoms with E-state index in [9.17, 15) is 4.79 Å². The Bertz CT molecular complexity index is 539. The lowest BCUT2D eigenvalue weighted by Gasteiger charge is -2.30. The molecular formula is C16H22N4O. The largest absolute Gasteiger partial charge is 0.362 e. The minimum absolute atomic E-state index is 0.156. The van der Waals surface area contributed by atoms with Crippen LogP contribution >= 0.6 is 0 Å². The lowest BCUT2D eigenvalue weighted by Crippen LogP contribution is -2.44. The number of carbonyl (C=O) groups excluding carboxylic acids is 1. The third-order valence-electron chi connectivity index (χ3n) is 3.55. The fourth-order valence-electron chi connectivity index (χ4n) is 2.57. The predicted molar refractivity (Wildman–Crippen MR) is 82.0 cm³/mol. The van der Waals surface area contributed by atoms with Crippen LogP contribution in [0.2, 0.25) is 0 Å². The quantitative estimate of drug-likeness (QED) is 0.820. The third kappa shape index (κ3) is 3.90. The zero-order valence-corrected chi connectivity index (χ0v) is 12.6. The highest BCUT2D eigenvalue weighted by molar-refractivity contribution is 5.75. The molecule has 0 aliphatic rings. The van der Waals surface area contributed by atoms with E-state index >= 15 is 0 Å². The van der Waals surface area contributed by atoms with Crippen LogP contribution in [0.15, 0.2) is 42.7 Å². The van der Waals surface area contributed by atoms with E-state index in [2.05, 4.69) is 29.3 Å². The van der Waals surface area contributed by atoms with Crippen molar-refractivity contribution >= 4 is 6.03 Å². The van der Waals surface area contributed by atoms with Crippen molar-refractivity contribution in [1.29, 1.82) is 0 Å². The summed E-state index contributed by atoms with van der Waals surface area (Å²) in [6, 6.07) is 10.3. The first kappa shape index (κ1) is 15.2. The monoisotopic (exact) mass is 286 g/mol. The number of likely N-dealkylation sites (N-methyl/N-ethyl adjacent to an activating group) is 1. The summed E-state index contributed by atoms with van der Waals surface area (Å²) in [5, 5.41) is 7.90. The Labute approximate surface area is 125 Å². The van der Waals surface area contributed by atoms with Crippen molar-refractivity contribution in [2.45, 2.75) is 39.2 Å². The molecule has 0 radical (unpaired) electrons. The second kappa shape index (κ2) is 7.57. The van der Waals surface area contributed by atoms with Crippen LogP contribution in [-0.2, 0) is 6.42 Å². The molecule has 5 nitrogen and oxygen atoms in total. The van der Waals surface area contributed by atoms with Gasteiger partial charge in [-0.2, -0.15) is 10.2 Å². The number of benzene rings is 1. The summed E-state index contributed by atoms with van der Waals surface area (Å²) in [5.74, 6) is 0. The number of hydrogen-bond acceptors (Lipinski definition) is 3. The van der Waals surface area contributed by atoms with Gasteiger partial charge in [0.2, 0.25) is 0 Å². The zero-order chi connectivity index (χ0) is 15.1. The Kier molecular flexibility index (Phi) is 5.49. The average Bonchev–Trinajstić information content (AvgIpc) is 3.03. The van der Waals surface area contributed by atoms with Gasteiger partial charge in [0.25, 0.3) is 0 Å². The van der Waals surface area contributed by atoms with Crippen LogP contribution in [-0.4, -0.2) is 38.5 Å². The highest BCUT2D eigenvalue weighted by Crippen LogP contribution is 2.15. The minimum atomic E-state index is -0.156. The molecule has 0 saturated heterocycles. The summed E-state index contributed by atoms with van der Waals surface area (Å²) in [7, 11) is 0. The van der Waals surface area contributed by atoms with Crippen LogP contribution < -0.4 is 0 Å². The molecule has 0 aliphatic heterocycles. The summed E-state index contributed by atoms with van der Waals surface area (Å²) in [5.41, 5.74) is 1.25. The van der Waals surface area contributed by atoms with E-state index in [-0.39, 0.29) is 12.1 Å². The first-order chi connectivity index (χ1) is 10.3. The van der Waals surface area contributed by atoms with E-state index in [1.807, 2.05) is 30.0 Å². The van der Waals surface area contributed by atoms with E-state index in [0.717, 1.165) is 24.1 Å². The normalized spacial score (nSPS) is 12.1. The Balaban J connectivity index is 2.16. The molecule has 21 heavy (non-hydrogen) atoms. The molecule has 1 atom stereocenters. The molecule has 0 aliphatic carbocycles. The van der Waals surface area contributed by atoms with Crippen molar-refractivity contribution in [3.8, 4) is 0 Å². The van der Waals surface area contributed by atoms with Gasteiger partial charge in [0.05, 0.1) is 12.4 Å². The molecule has 5 heteroatoms. The summed E-state index contributed by atoms with van der Waals surface area (Å²) in [6.45, 7) is 4.79. The predicted octanol–water partition coefficient (Wildman–Crippen LogP) is 2.98. The van der Waals surface area contributed by atoms with Gasteiger partial charge in [-0.3, -0.25) is 0 Å². The molecule has 0 saturated carbocycles. The van der Waals surface area contributed by atoms with Crippen molar-refractivity contribution in [1.82, 2.24) is 19.9 Å². The second-order valence-corrected chi connectivity index (χ2v) is 5.02. The molecule has 0 bridgehead atoms. The lowest BCUT2D eigenvalue weighted by molar-refractivity contribution is 0.168. The van der Waals surface area contributed by atoms with Gasteiger partial charge in [-0.15, -0.1) is 0 Å². The first-order valence-electron chi connectivity index (χ1n) is 7.47. The number of aromatic nitrogens is 3. The number of amides is 1. The average molecular weight is 286 g/mol. The molecular weight excluding hydrogens is 264 g/mol. The molecule has 112 valence electrons. The van der Waals surface area contributed by atoms with Crippen LogP contribution in [0.25, 0.3) is 0 Å². The Morgan fingerprint density at radius 3 is 2.43 bits per heavy atom. The van der Waals surface area contributed by atoms with Gasteiger partial charge < -0.3 is 4.90 Å². The Hall–Kier alpha value is -2.17. The van der Waals surface area contributed by atoms with Crippen LogP contribution in [0.4, 0.5) is 4.79 Å². The highest BCUT2D eigenvalue weighted by Gasteiger charge is 2.24. The van der Waals surface area contributed by atoms with Crippen molar-refractivity contribution in [2.24, 2.45) is 0 Å². The van der Waals surface area contributed by atoms with Gasteiger partial charge in [0.1, 0.15) is 0 Å². The lowest BCUT2D eigenvalue weighted by atomic mass is 10.0. The van der Waals surface area contributed by atoms with Gasteiger partial charge in [-0.25, -0.2) is 4.79 Å². The van der Waals surface area contributed by atoms with Crippen LogP contribution in [0.5, 0.6) is 0 Å². The fraction of sp³-hybridized carbons (Fsp3) is 0.438. The van der Waals surface area contributed by atoms with Gasteiger partial charge in [-0.1, -0.05) is 48.5 Å². The van der Waals surface area contributed by atoms with Gasteiger partial charge in [0.15, 0.2) is 0 Å². The maximum Gasteiger partial charge on any atom is 0.362 e. The molecule has 2 rings (SSSR count). The highest BCUT2D eigenvalue weighted by atomic mass is 16.2. The van der Waals surface area contributed by atoms with E-state index in [4.69, 9.17) is 0 Å². The first-order valence-corrected chi connectivity index (χ1v) is 7.47. The molecule has 1 aromatic carbocycles. The maximum atomic E-state index is 12.5. The van der Waals surface area contributed by atoms with Crippen molar-refractivity contribution in [3.05, 3.63) is 48.3 Å². The minimum Gasteiger partial charge on any atom is -0.319 e. The van der Waals surface area contributed by atoms with E-state index in [1.165, 1.54) is 18.0 Å². The third-order valence-corrected chi connectivity index (χ3v) is 3.55. The summed E-state index contributed by atoms with van der Waals surface area (Å²) in [4.78, 5) is 15.5. The van der Waals surface area contributed by atoms with Gasteiger partial charge in [-0.05, 0) is 25.3 Å². The van der Waals surface area contributed by atoms with Crippen LogP contribution in [0.1, 0.15) is 32.3 Å². The van der Waals surface area contributed by atoms with E-state index in [1.54, 1.807) is 0 Å². The molecule has 0 spiro atoms. The SMILES string of the molecule is CCCC(Cc1ccccc1)N(CC)C(=O)n1nccn1. The number of nitrogens with zero attached hydrogens (tertiary/aromatic N) is 4. The van der Waals surface area contributed by atoms with E-state index < -0.39 is 0 Å². The molecule has 1 unspecified atom stereocenters. The number of carbonyl (C=O) groups is 1. The summed E-state index contributed by atoms with van der Waals surface area (Å²) < 4.78 is 0. The molecule has 1 amide bonds. The van der Waals surface area contributed by atoms with Crippen LogP contribution in [0, 0.1) is 0 Å². The molecule has 1 heterocycles. The molecule has 0 fully saturated rings. The molecule has 1 aromatic heterocycles. The standard InChI is InChI=1S/C16H22N4O/c1-3-8-15(13-14-9-6-5-7-10-14)19(4-2)16(21)20-17-11-12-18-20/h5-7,9-12,15H,3-4,8,13H2,1-2H3. The topological polar surface area (TPSA) is 51.0 Å². The van der Waals surface area contributed by atoms with Crippen LogP contribution in [0.3, 0.4) is 0 Å². The van der Waals surface area contributed by atoms with Crippen molar-refractivity contribution in [2.75, 3.05) is 6.54 Å². The maximum absolute atomic E-state index is 12.5. The number of hydrogen-bond donors (Lipinski definition) is 0. The fourth-order valence-corrected chi connectivity index (χ4v) is 2.57. The second-order valence-electron chi connectivity index (χ2n) is 5.02. The van der Waals surface area contributed by atoms with Gasteiger partial charge >= 0.3 is 6.03 Å². The summed E-state index contributed by atoms with van der Waals surface area (Å²) in [6.07, 6.45) is 5.91. The smallest absolute Gasteiger partial charge is 0.319 e. The van der Waals surface area contributed by atoms with Crippen molar-refractivity contribution < 1.29 is 4.79 Å². The Morgan fingerprint density at radius 1 is 1.19 bits per heavy atom. The molecule has 2 aromatic rings.